The van der Waals surface area contributed by atoms with Crippen LogP contribution in [0.2, 0.25) is 0 Å². The zero-order chi connectivity index (χ0) is 17.1. The first-order valence-corrected chi connectivity index (χ1v) is 8.37. The molecular formula is C20H24N2O2. The first-order chi connectivity index (χ1) is 11.6. The molecule has 126 valence electrons. The van der Waals surface area contributed by atoms with Gasteiger partial charge in [0.05, 0.1) is 18.8 Å². The second kappa shape index (κ2) is 6.95. The van der Waals surface area contributed by atoms with Crippen LogP contribution in [0.3, 0.4) is 0 Å². The van der Waals surface area contributed by atoms with Gasteiger partial charge in [-0.25, -0.2) is 4.79 Å². The summed E-state index contributed by atoms with van der Waals surface area (Å²) in [7, 11) is 1.62. The van der Waals surface area contributed by atoms with Gasteiger partial charge in [-0.15, -0.1) is 0 Å². The van der Waals surface area contributed by atoms with Crippen LogP contribution in [-0.2, 0) is 0 Å². The lowest BCUT2D eigenvalue weighted by Crippen LogP contribution is -2.34. The third kappa shape index (κ3) is 3.37. The van der Waals surface area contributed by atoms with Gasteiger partial charge in [0.25, 0.3) is 0 Å². The molecule has 0 aliphatic carbocycles. The minimum atomic E-state index is -0.0676. The van der Waals surface area contributed by atoms with Crippen molar-refractivity contribution in [3.05, 3.63) is 59.2 Å². The molecule has 4 heteroatoms. The lowest BCUT2D eigenvalue weighted by Gasteiger charge is -2.26. The number of hydrogen-bond acceptors (Lipinski definition) is 2. The van der Waals surface area contributed by atoms with E-state index in [4.69, 9.17) is 4.74 Å². The molecule has 1 atom stereocenters. The molecule has 1 saturated heterocycles. The van der Waals surface area contributed by atoms with Crippen molar-refractivity contribution < 1.29 is 9.53 Å². The number of amides is 2. The van der Waals surface area contributed by atoms with Crippen LogP contribution in [0.15, 0.2) is 42.5 Å². The van der Waals surface area contributed by atoms with Crippen molar-refractivity contribution in [2.45, 2.75) is 32.7 Å². The van der Waals surface area contributed by atoms with Crippen LogP contribution in [0.5, 0.6) is 5.75 Å². The van der Waals surface area contributed by atoms with Crippen LogP contribution in [0.4, 0.5) is 10.5 Å². The monoisotopic (exact) mass is 324 g/mol. The summed E-state index contributed by atoms with van der Waals surface area (Å²) >= 11 is 0. The number of likely N-dealkylation sites (tertiary alicyclic amines) is 1. The van der Waals surface area contributed by atoms with E-state index >= 15 is 0 Å². The van der Waals surface area contributed by atoms with Crippen molar-refractivity contribution in [3.8, 4) is 5.75 Å². The fourth-order valence-electron chi connectivity index (χ4n) is 3.25. The summed E-state index contributed by atoms with van der Waals surface area (Å²) in [5.41, 5.74) is 4.24. The van der Waals surface area contributed by atoms with E-state index in [-0.39, 0.29) is 12.1 Å². The molecule has 4 nitrogen and oxygen atoms in total. The van der Waals surface area contributed by atoms with Gasteiger partial charge in [-0.2, -0.15) is 0 Å². The second-order valence-electron chi connectivity index (χ2n) is 6.40. The van der Waals surface area contributed by atoms with E-state index in [1.807, 2.05) is 30.0 Å². The molecule has 1 N–H and O–H groups in total. The Morgan fingerprint density at radius 3 is 2.54 bits per heavy atom. The maximum atomic E-state index is 12.8. The Hall–Kier alpha value is -2.49. The Morgan fingerprint density at radius 2 is 1.83 bits per heavy atom. The van der Waals surface area contributed by atoms with E-state index in [0.29, 0.717) is 5.75 Å². The molecule has 0 saturated carbocycles. The minimum Gasteiger partial charge on any atom is -0.495 e. The molecule has 2 amide bonds. The Balaban J connectivity index is 1.79. The van der Waals surface area contributed by atoms with Crippen LogP contribution in [-0.4, -0.2) is 24.6 Å². The van der Waals surface area contributed by atoms with Gasteiger partial charge in [0.1, 0.15) is 5.75 Å². The normalized spacial score (nSPS) is 17.0. The highest BCUT2D eigenvalue weighted by molar-refractivity contribution is 5.91. The minimum absolute atomic E-state index is 0.0676. The van der Waals surface area contributed by atoms with Gasteiger partial charge in [-0.3, -0.25) is 0 Å². The summed E-state index contributed by atoms with van der Waals surface area (Å²) in [5, 5.41) is 3.02. The highest BCUT2D eigenvalue weighted by Crippen LogP contribution is 2.33. The van der Waals surface area contributed by atoms with E-state index in [1.165, 1.54) is 11.1 Å². The molecule has 0 spiro atoms. The number of anilines is 1. The molecule has 0 bridgehead atoms. The largest absolute Gasteiger partial charge is 0.495 e. The maximum absolute atomic E-state index is 12.8. The third-order valence-electron chi connectivity index (χ3n) is 4.57. The molecule has 1 aliphatic rings. The number of nitrogens with zero attached hydrogens (tertiary/aromatic N) is 1. The Kier molecular flexibility index (Phi) is 4.74. The van der Waals surface area contributed by atoms with Gasteiger partial charge < -0.3 is 15.0 Å². The predicted molar refractivity (Wildman–Crippen MR) is 96.6 cm³/mol. The lowest BCUT2D eigenvalue weighted by molar-refractivity contribution is 0.207. The highest BCUT2D eigenvalue weighted by atomic mass is 16.5. The van der Waals surface area contributed by atoms with Crippen molar-refractivity contribution in [2.75, 3.05) is 19.0 Å². The predicted octanol–water partition coefficient (Wildman–Crippen LogP) is 4.68. The maximum Gasteiger partial charge on any atom is 0.322 e. The molecule has 3 rings (SSSR count). The fraction of sp³-hybridized carbons (Fsp3) is 0.350. The molecule has 2 aromatic rings. The summed E-state index contributed by atoms with van der Waals surface area (Å²) in [6.07, 6.45) is 2.03. The zero-order valence-electron chi connectivity index (χ0n) is 14.5. The Morgan fingerprint density at radius 1 is 1.12 bits per heavy atom. The Labute approximate surface area is 143 Å². The van der Waals surface area contributed by atoms with E-state index in [9.17, 15) is 4.79 Å². The van der Waals surface area contributed by atoms with Crippen LogP contribution in [0, 0.1) is 13.8 Å². The number of aryl methyl sites for hydroxylation is 2. The molecular weight excluding hydrogens is 300 g/mol. The number of ether oxygens (including phenoxy) is 1. The summed E-state index contributed by atoms with van der Waals surface area (Å²) in [6, 6.07) is 14.3. The number of nitrogens with one attached hydrogen (secondary N) is 1. The van der Waals surface area contributed by atoms with Crippen LogP contribution >= 0.6 is 0 Å². The average molecular weight is 324 g/mol. The standard InChI is InChI=1S/C20H24N2O2/c1-14-6-9-16(10-7-14)18-5-4-12-22(18)20(23)21-17-13-15(2)8-11-19(17)24-3/h6-11,13,18H,4-5,12H2,1-3H3,(H,21,23)/t18-/m1/s1. The molecule has 1 aliphatic heterocycles. The molecule has 1 heterocycles. The van der Waals surface area contributed by atoms with E-state index < -0.39 is 0 Å². The number of benzene rings is 2. The zero-order valence-corrected chi connectivity index (χ0v) is 14.5. The molecule has 0 unspecified atom stereocenters. The number of rotatable bonds is 3. The fourth-order valence-corrected chi connectivity index (χ4v) is 3.25. The van der Waals surface area contributed by atoms with Crippen molar-refractivity contribution >= 4 is 11.7 Å². The molecule has 24 heavy (non-hydrogen) atoms. The van der Waals surface area contributed by atoms with Gasteiger partial charge in [0, 0.05) is 6.54 Å². The van der Waals surface area contributed by atoms with Crippen LogP contribution in [0.1, 0.15) is 35.6 Å². The lowest BCUT2D eigenvalue weighted by atomic mass is 10.0. The molecule has 2 aromatic carbocycles. The van der Waals surface area contributed by atoms with Gasteiger partial charge in [-0.05, 0) is 49.9 Å². The smallest absolute Gasteiger partial charge is 0.322 e. The van der Waals surface area contributed by atoms with Crippen molar-refractivity contribution in [2.24, 2.45) is 0 Å². The van der Waals surface area contributed by atoms with Crippen LogP contribution < -0.4 is 10.1 Å². The quantitative estimate of drug-likeness (QED) is 0.890. The first-order valence-electron chi connectivity index (χ1n) is 8.37. The number of methoxy groups -OCH3 is 1. The molecule has 1 fully saturated rings. The van der Waals surface area contributed by atoms with Crippen LogP contribution in [0.25, 0.3) is 0 Å². The number of carbonyl (C=O) groups excluding carboxylic acids is 1. The topological polar surface area (TPSA) is 41.6 Å². The third-order valence-corrected chi connectivity index (χ3v) is 4.57. The number of hydrogen-bond donors (Lipinski definition) is 1. The highest BCUT2D eigenvalue weighted by Gasteiger charge is 2.30. The summed E-state index contributed by atoms with van der Waals surface area (Å²) in [6.45, 7) is 4.85. The second-order valence-corrected chi connectivity index (χ2v) is 6.40. The van der Waals surface area contributed by atoms with Crippen molar-refractivity contribution in [1.29, 1.82) is 0 Å². The van der Waals surface area contributed by atoms with E-state index in [1.54, 1.807) is 7.11 Å². The molecule has 0 radical (unpaired) electrons. The summed E-state index contributed by atoms with van der Waals surface area (Å²) in [5.74, 6) is 0.681. The summed E-state index contributed by atoms with van der Waals surface area (Å²) in [4.78, 5) is 14.7. The number of urea groups is 1. The van der Waals surface area contributed by atoms with Crippen molar-refractivity contribution in [1.82, 2.24) is 4.90 Å². The molecule has 0 aromatic heterocycles. The van der Waals surface area contributed by atoms with E-state index in [0.717, 1.165) is 30.6 Å². The summed E-state index contributed by atoms with van der Waals surface area (Å²) < 4.78 is 5.36. The van der Waals surface area contributed by atoms with Crippen molar-refractivity contribution in [3.63, 3.8) is 0 Å². The SMILES string of the molecule is COc1ccc(C)cc1NC(=O)N1CCC[C@@H]1c1ccc(C)cc1. The Bertz CT molecular complexity index is 725. The van der Waals surface area contributed by atoms with Gasteiger partial charge >= 0.3 is 6.03 Å². The van der Waals surface area contributed by atoms with Gasteiger partial charge in [0.2, 0.25) is 0 Å². The van der Waals surface area contributed by atoms with Gasteiger partial charge in [0.15, 0.2) is 0 Å². The van der Waals surface area contributed by atoms with Gasteiger partial charge in [-0.1, -0.05) is 35.9 Å². The average Bonchev–Trinajstić information content (AvgIpc) is 3.05. The first kappa shape index (κ1) is 16.4. The number of carbonyl (C=O) groups is 1. The van der Waals surface area contributed by atoms with E-state index in [2.05, 4.69) is 36.5 Å².